The Labute approximate surface area is 76.3 Å². The van der Waals surface area contributed by atoms with Crippen LogP contribution in [-0.2, 0) is 0 Å². The third-order valence-corrected chi connectivity index (χ3v) is 2.26. The molecule has 3 heteroatoms. The SMILES string of the molecule is C#Cc1nc(NCC=C)sc1C. The number of thiazole rings is 1. The number of aryl methyl sites for hydroxylation is 1. The van der Waals surface area contributed by atoms with Gasteiger partial charge in [0.25, 0.3) is 0 Å². The molecule has 2 nitrogen and oxygen atoms in total. The number of hydrogen-bond donors (Lipinski definition) is 1. The van der Waals surface area contributed by atoms with Gasteiger partial charge in [-0.1, -0.05) is 6.08 Å². The van der Waals surface area contributed by atoms with Crippen LogP contribution in [0.15, 0.2) is 12.7 Å². The molecule has 0 fully saturated rings. The van der Waals surface area contributed by atoms with Crippen molar-refractivity contribution in [2.75, 3.05) is 11.9 Å². The number of nitrogens with zero attached hydrogens (tertiary/aromatic N) is 1. The van der Waals surface area contributed by atoms with Crippen LogP contribution in [0, 0.1) is 19.3 Å². The molecular weight excluding hydrogens is 168 g/mol. The van der Waals surface area contributed by atoms with Gasteiger partial charge in [0.15, 0.2) is 5.13 Å². The maximum atomic E-state index is 5.24. The minimum atomic E-state index is 0.719. The van der Waals surface area contributed by atoms with Gasteiger partial charge in [-0.2, -0.15) is 0 Å². The van der Waals surface area contributed by atoms with E-state index in [2.05, 4.69) is 22.8 Å². The van der Waals surface area contributed by atoms with Crippen molar-refractivity contribution in [1.82, 2.24) is 4.98 Å². The molecule has 0 saturated heterocycles. The number of nitrogens with one attached hydrogen (secondary N) is 1. The average Bonchev–Trinajstić information content (AvgIpc) is 2.43. The fourth-order valence-electron chi connectivity index (χ4n) is 0.765. The summed E-state index contributed by atoms with van der Waals surface area (Å²) in [7, 11) is 0. The fraction of sp³-hybridized carbons (Fsp3) is 0.222. The third-order valence-electron chi connectivity index (χ3n) is 1.33. The summed E-state index contributed by atoms with van der Waals surface area (Å²) in [5.41, 5.74) is 0.728. The summed E-state index contributed by atoms with van der Waals surface area (Å²) in [5.74, 6) is 2.53. The van der Waals surface area contributed by atoms with Gasteiger partial charge in [-0.05, 0) is 12.8 Å². The van der Waals surface area contributed by atoms with Crippen LogP contribution in [0.2, 0.25) is 0 Å². The minimum absolute atomic E-state index is 0.719. The zero-order valence-electron chi connectivity index (χ0n) is 6.92. The van der Waals surface area contributed by atoms with Crippen molar-refractivity contribution in [3.05, 3.63) is 23.2 Å². The second-order valence-corrected chi connectivity index (χ2v) is 3.44. The first-order valence-corrected chi connectivity index (χ1v) is 4.38. The maximum absolute atomic E-state index is 5.24. The molecule has 1 aromatic heterocycles. The van der Waals surface area contributed by atoms with Crippen molar-refractivity contribution in [2.24, 2.45) is 0 Å². The van der Waals surface area contributed by atoms with Crippen LogP contribution in [0.1, 0.15) is 10.6 Å². The summed E-state index contributed by atoms with van der Waals surface area (Å²) >= 11 is 1.57. The van der Waals surface area contributed by atoms with Crippen molar-refractivity contribution >= 4 is 16.5 Å². The molecule has 1 heterocycles. The van der Waals surface area contributed by atoms with Gasteiger partial charge in [-0.25, -0.2) is 4.98 Å². The van der Waals surface area contributed by atoms with Crippen molar-refractivity contribution in [2.45, 2.75) is 6.92 Å². The molecule has 12 heavy (non-hydrogen) atoms. The highest BCUT2D eigenvalue weighted by Gasteiger charge is 2.02. The molecule has 1 aromatic rings. The summed E-state index contributed by atoms with van der Waals surface area (Å²) in [6, 6.07) is 0. The Bertz CT molecular complexity index is 320. The van der Waals surface area contributed by atoms with Crippen LogP contribution in [0.5, 0.6) is 0 Å². The minimum Gasteiger partial charge on any atom is -0.358 e. The van der Waals surface area contributed by atoms with Crippen LogP contribution in [0.25, 0.3) is 0 Å². The van der Waals surface area contributed by atoms with Crippen LogP contribution in [0.4, 0.5) is 5.13 Å². The fourth-order valence-corrected chi connectivity index (χ4v) is 1.55. The zero-order valence-corrected chi connectivity index (χ0v) is 7.74. The molecule has 0 spiro atoms. The molecule has 0 aliphatic heterocycles. The molecule has 1 N–H and O–H groups in total. The van der Waals surface area contributed by atoms with Gasteiger partial charge >= 0.3 is 0 Å². The molecular formula is C9H10N2S. The Kier molecular flexibility index (Phi) is 2.89. The molecule has 1 rings (SSSR count). The van der Waals surface area contributed by atoms with E-state index in [-0.39, 0.29) is 0 Å². The summed E-state index contributed by atoms with van der Waals surface area (Å²) in [5, 5.41) is 3.95. The van der Waals surface area contributed by atoms with E-state index in [0.29, 0.717) is 0 Å². The lowest BCUT2D eigenvalue weighted by Crippen LogP contribution is -1.96. The lowest BCUT2D eigenvalue weighted by molar-refractivity contribution is 1.26. The van der Waals surface area contributed by atoms with E-state index in [1.54, 1.807) is 17.4 Å². The molecule has 0 saturated carbocycles. The highest BCUT2D eigenvalue weighted by Crippen LogP contribution is 2.20. The van der Waals surface area contributed by atoms with Crippen LogP contribution in [0.3, 0.4) is 0 Å². The number of aromatic nitrogens is 1. The van der Waals surface area contributed by atoms with Crippen molar-refractivity contribution in [3.8, 4) is 12.3 Å². The Morgan fingerprint density at radius 3 is 3.08 bits per heavy atom. The smallest absolute Gasteiger partial charge is 0.184 e. The predicted molar refractivity (Wildman–Crippen MR) is 53.5 cm³/mol. The standard InChI is InChI=1S/C9H10N2S/c1-4-6-10-9-11-8(5-2)7(3)12-9/h2,4H,1,6H2,3H3,(H,10,11). The van der Waals surface area contributed by atoms with Gasteiger partial charge in [0.05, 0.1) is 0 Å². The zero-order chi connectivity index (χ0) is 8.97. The second-order valence-electron chi connectivity index (χ2n) is 2.24. The molecule has 0 aliphatic rings. The van der Waals surface area contributed by atoms with Gasteiger partial charge in [0.1, 0.15) is 5.69 Å². The van der Waals surface area contributed by atoms with E-state index in [1.807, 2.05) is 6.92 Å². The highest BCUT2D eigenvalue weighted by atomic mass is 32.1. The average molecular weight is 178 g/mol. The van der Waals surface area contributed by atoms with E-state index in [1.165, 1.54) is 0 Å². The van der Waals surface area contributed by atoms with Gasteiger partial charge in [0.2, 0.25) is 0 Å². The van der Waals surface area contributed by atoms with Crippen LogP contribution >= 0.6 is 11.3 Å². The summed E-state index contributed by atoms with van der Waals surface area (Å²) in [4.78, 5) is 5.26. The molecule has 0 radical (unpaired) electrons. The van der Waals surface area contributed by atoms with E-state index in [9.17, 15) is 0 Å². The summed E-state index contributed by atoms with van der Waals surface area (Å²) in [6.07, 6.45) is 7.02. The Hall–Kier alpha value is -1.27. The Morgan fingerprint density at radius 1 is 1.83 bits per heavy atom. The van der Waals surface area contributed by atoms with Gasteiger partial charge in [-0.15, -0.1) is 24.3 Å². The highest BCUT2D eigenvalue weighted by molar-refractivity contribution is 7.15. The maximum Gasteiger partial charge on any atom is 0.184 e. The van der Waals surface area contributed by atoms with E-state index < -0.39 is 0 Å². The molecule has 0 atom stereocenters. The quantitative estimate of drug-likeness (QED) is 0.566. The first-order valence-electron chi connectivity index (χ1n) is 3.56. The van der Waals surface area contributed by atoms with E-state index in [0.717, 1.165) is 22.2 Å². The van der Waals surface area contributed by atoms with Crippen molar-refractivity contribution < 1.29 is 0 Å². The number of anilines is 1. The lowest BCUT2D eigenvalue weighted by Gasteiger charge is -1.93. The lowest BCUT2D eigenvalue weighted by atomic mass is 10.4. The molecule has 0 aliphatic carbocycles. The van der Waals surface area contributed by atoms with Crippen LogP contribution in [-0.4, -0.2) is 11.5 Å². The monoisotopic (exact) mass is 178 g/mol. The van der Waals surface area contributed by atoms with Gasteiger partial charge in [0, 0.05) is 11.4 Å². The normalized spacial score (nSPS) is 9.00. The predicted octanol–water partition coefficient (Wildman–Crippen LogP) is 2.03. The molecule has 0 bridgehead atoms. The number of rotatable bonds is 3. The molecule has 62 valence electrons. The topological polar surface area (TPSA) is 24.9 Å². The number of hydrogen-bond acceptors (Lipinski definition) is 3. The molecule has 0 amide bonds. The van der Waals surface area contributed by atoms with Crippen LogP contribution < -0.4 is 5.32 Å². The van der Waals surface area contributed by atoms with E-state index in [4.69, 9.17) is 6.42 Å². The summed E-state index contributed by atoms with van der Waals surface area (Å²) in [6.45, 7) is 6.28. The van der Waals surface area contributed by atoms with Gasteiger partial charge in [-0.3, -0.25) is 0 Å². The second kappa shape index (κ2) is 3.93. The van der Waals surface area contributed by atoms with E-state index >= 15 is 0 Å². The molecule has 0 aromatic carbocycles. The third kappa shape index (κ3) is 1.86. The summed E-state index contributed by atoms with van der Waals surface area (Å²) < 4.78 is 0. The van der Waals surface area contributed by atoms with Crippen molar-refractivity contribution in [1.29, 1.82) is 0 Å². The molecule has 0 unspecified atom stereocenters. The largest absolute Gasteiger partial charge is 0.358 e. The first-order chi connectivity index (χ1) is 5.77. The Morgan fingerprint density at radius 2 is 2.58 bits per heavy atom. The van der Waals surface area contributed by atoms with Crippen molar-refractivity contribution in [3.63, 3.8) is 0 Å². The first kappa shape index (κ1) is 8.82. The Balaban J connectivity index is 2.76. The number of terminal acetylenes is 1. The van der Waals surface area contributed by atoms with Gasteiger partial charge < -0.3 is 5.32 Å².